The van der Waals surface area contributed by atoms with E-state index in [2.05, 4.69) is 12.2 Å². The van der Waals surface area contributed by atoms with Crippen molar-refractivity contribution >= 4 is 11.6 Å². The molecule has 1 amide bonds. The predicted molar refractivity (Wildman–Crippen MR) is 79.3 cm³/mol. The molecule has 0 aliphatic heterocycles. The van der Waals surface area contributed by atoms with Gasteiger partial charge in [0.25, 0.3) is 0 Å². The van der Waals surface area contributed by atoms with E-state index in [4.69, 9.17) is 9.47 Å². The zero-order chi connectivity index (χ0) is 14.5. The molecule has 1 aromatic carbocycles. The van der Waals surface area contributed by atoms with E-state index in [1.165, 1.54) is 19.3 Å². The molecule has 1 fully saturated rings. The van der Waals surface area contributed by atoms with Crippen molar-refractivity contribution < 1.29 is 14.3 Å². The molecule has 1 aliphatic rings. The number of carbonyl (C=O) groups excluding carboxylic acids is 1. The zero-order valence-corrected chi connectivity index (χ0v) is 12.4. The second kappa shape index (κ2) is 6.64. The number of hydrogen-bond donors (Lipinski definition) is 1. The average molecular weight is 277 g/mol. The minimum absolute atomic E-state index is 0.123. The second-order valence-corrected chi connectivity index (χ2v) is 5.30. The van der Waals surface area contributed by atoms with E-state index >= 15 is 0 Å². The Bertz CT molecular complexity index is 473. The van der Waals surface area contributed by atoms with Gasteiger partial charge in [0.1, 0.15) is 0 Å². The normalized spacial score (nSPS) is 20.4. The molecule has 0 radical (unpaired) electrons. The minimum atomic E-state index is 0.123. The fourth-order valence-electron chi connectivity index (χ4n) is 2.50. The summed E-state index contributed by atoms with van der Waals surface area (Å²) in [6.45, 7) is 2.18. The highest BCUT2D eigenvalue weighted by atomic mass is 16.5. The lowest BCUT2D eigenvalue weighted by atomic mass is 10.1. The van der Waals surface area contributed by atoms with Gasteiger partial charge in [0.05, 0.1) is 14.2 Å². The van der Waals surface area contributed by atoms with Crippen molar-refractivity contribution in [1.29, 1.82) is 0 Å². The monoisotopic (exact) mass is 277 g/mol. The minimum Gasteiger partial charge on any atom is -0.493 e. The smallest absolute Gasteiger partial charge is 0.227 e. The van der Waals surface area contributed by atoms with Crippen LogP contribution in [0.25, 0.3) is 0 Å². The van der Waals surface area contributed by atoms with Crippen LogP contribution in [-0.4, -0.2) is 20.1 Å². The fraction of sp³-hybridized carbons (Fsp3) is 0.562. The van der Waals surface area contributed by atoms with Gasteiger partial charge in [-0.2, -0.15) is 0 Å². The van der Waals surface area contributed by atoms with Gasteiger partial charge in [-0.1, -0.05) is 19.8 Å². The summed E-state index contributed by atoms with van der Waals surface area (Å²) in [5.74, 6) is 2.18. The molecule has 110 valence electrons. The number of ether oxygens (including phenoxy) is 2. The van der Waals surface area contributed by atoms with Crippen molar-refractivity contribution in [2.45, 2.75) is 32.6 Å². The highest BCUT2D eigenvalue weighted by Crippen LogP contribution is 2.43. The number of methoxy groups -OCH3 is 2. The Morgan fingerprint density at radius 2 is 2.05 bits per heavy atom. The number of nitrogens with one attached hydrogen (secondary N) is 1. The van der Waals surface area contributed by atoms with Crippen molar-refractivity contribution in [3.05, 3.63) is 18.2 Å². The average Bonchev–Trinajstić information content (AvgIpc) is 3.24. The maximum absolute atomic E-state index is 12.1. The van der Waals surface area contributed by atoms with Crippen LogP contribution < -0.4 is 14.8 Å². The molecule has 0 heterocycles. The molecule has 4 heteroatoms. The van der Waals surface area contributed by atoms with Crippen molar-refractivity contribution in [1.82, 2.24) is 0 Å². The molecule has 0 spiro atoms. The van der Waals surface area contributed by atoms with E-state index in [1.807, 2.05) is 6.07 Å². The lowest BCUT2D eigenvalue weighted by Gasteiger charge is -2.10. The molecular formula is C16H23NO3. The van der Waals surface area contributed by atoms with Crippen molar-refractivity contribution in [3.8, 4) is 11.5 Å². The van der Waals surface area contributed by atoms with Gasteiger partial charge in [-0.05, 0) is 30.9 Å². The second-order valence-electron chi connectivity index (χ2n) is 5.30. The van der Waals surface area contributed by atoms with Crippen LogP contribution in [0.15, 0.2) is 18.2 Å². The molecule has 1 N–H and O–H groups in total. The number of rotatable bonds is 7. The van der Waals surface area contributed by atoms with E-state index in [-0.39, 0.29) is 11.8 Å². The first-order valence-electron chi connectivity index (χ1n) is 7.22. The van der Waals surface area contributed by atoms with Gasteiger partial charge in [-0.3, -0.25) is 4.79 Å². The summed E-state index contributed by atoms with van der Waals surface area (Å²) in [7, 11) is 3.18. The van der Waals surface area contributed by atoms with Crippen LogP contribution >= 0.6 is 0 Å². The third-order valence-electron chi connectivity index (χ3n) is 3.84. The van der Waals surface area contributed by atoms with Gasteiger partial charge in [0, 0.05) is 17.7 Å². The molecule has 4 nitrogen and oxygen atoms in total. The molecular weight excluding hydrogens is 254 g/mol. The van der Waals surface area contributed by atoms with E-state index in [0.717, 1.165) is 12.1 Å². The number of benzene rings is 1. The molecule has 0 saturated heterocycles. The Morgan fingerprint density at radius 3 is 2.70 bits per heavy atom. The van der Waals surface area contributed by atoms with Crippen LogP contribution in [0.1, 0.15) is 32.6 Å². The van der Waals surface area contributed by atoms with Crippen LogP contribution in [0.5, 0.6) is 11.5 Å². The first-order valence-corrected chi connectivity index (χ1v) is 7.22. The number of hydrogen-bond acceptors (Lipinski definition) is 3. The maximum atomic E-state index is 12.1. The third-order valence-corrected chi connectivity index (χ3v) is 3.84. The van der Waals surface area contributed by atoms with Gasteiger partial charge in [-0.15, -0.1) is 0 Å². The SMILES string of the molecule is CCCC[C@H]1C[C@H]1C(=O)Nc1ccc(OC)c(OC)c1. The standard InChI is InChI=1S/C16H23NO3/c1-4-5-6-11-9-13(11)16(18)17-12-7-8-14(19-2)15(10-12)20-3/h7-8,10-11,13H,4-6,9H2,1-3H3,(H,17,18)/t11-,13+/m0/s1. The summed E-state index contributed by atoms with van der Waals surface area (Å²) < 4.78 is 10.4. The number of anilines is 1. The molecule has 1 aliphatic carbocycles. The van der Waals surface area contributed by atoms with Crippen LogP contribution in [0.2, 0.25) is 0 Å². The Morgan fingerprint density at radius 1 is 1.30 bits per heavy atom. The molecule has 20 heavy (non-hydrogen) atoms. The largest absolute Gasteiger partial charge is 0.493 e. The topological polar surface area (TPSA) is 47.6 Å². The van der Waals surface area contributed by atoms with Crippen LogP contribution in [0.4, 0.5) is 5.69 Å². The Kier molecular flexibility index (Phi) is 4.88. The van der Waals surface area contributed by atoms with E-state index in [1.54, 1.807) is 26.4 Å². The van der Waals surface area contributed by atoms with Gasteiger partial charge >= 0.3 is 0 Å². The number of amides is 1. The summed E-state index contributed by atoms with van der Waals surface area (Å²) in [5, 5.41) is 2.96. The molecule has 0 aromatic heterocycles. The first-order chi connectivity index (χ1) is 9.69. The Labute approximate surface area is 120 Å². The van der Waals surface area contributed by atoms with Crippen LogP contribution in [0, 0.1) is 11.8 Å². The summed E-state index contributed by atoms with van der Waals surface area (Å²) in [6.07, 6.45) is 4.60. The van der Waals surface area contributed by atoms with Gasteiger partial charge in [-0.25, -0.2) is 0 Å². The number of unbranched alkanes of at least 4 members (excludes halogenated alkanes) is 1. The molecule has 2 atom stereocenters. The van der Waals surface area contributed by atoms with Crippen molar-refractivity contribution in [3.63, 3.8) is 0 Å². The van der Waals surface area contributed by atoms with Crippen LogP contribution in [-0.2, 0) is 4.79 Å². The van der Waals surface area contributed by atoms with Crippen LogP contribution in [0.3, 0.4) is 0 Å². The Hall–Kier alpha value is -1.71. The summed E-state index contributed by atoms with van der Waals surface area (Å²) in [5.41, 5.74) is 0.758. The molecule has 1 saturated carbocycles. The highest BCUT2D eigenvalue weighted by molar-refractivity contribution is 5.94. The quantitative estimate of drug-likeness (QED) is 0.830. The maximum Gasteiger partial charge on any atom is 0.227 e. The van der Waals surface area contributed by atoms with E-state index in [0.29, 0.717) is 17.4 Å². The van der Waals surface area contributed by atoms with E-state index < -0.39 is 0 Å². The fourth-order valence-corrected chi connectivity index (χ4v) is 2.50. The summed E-state index contributed by atoms with van der Waals surface area (Å²) in [6, 6.07) is 5.43. The summed E-state index contributed by atoms with van der Waals surface area (Å²) in [4.78, 5) is 12.1. The highest BCUT2D eigenvalue weighted by Gasteiger charge is 2.42. The first kappa shape index (κ1) is 14.7. The third kappa shape index (κ3) is 3.44. The molecule has 1 aromatic rings. The van der Waals surface area contributed by atoms with E-state index in [9.17, 15) is 4.79 Å². The summed E-state index contributed by atoms with van der Waals surface area (Å²) >= 11 is 0. The molecule has 0 unspecified atom stereocenters. The lowest BCUT2D eigenvalue weighted by Crippen LogP contribution is -2.14. The molecule has 0 bridgehead atoms. The lowest BCUT2D eigenvalue weighted by molar-refractivity contribution is -0.117. The molecule has 2 rings (SSSR count). The van der Waals surface area contributed by atoms with Gasteiger partial charge < -0.3 is 14.8 Å². The van der Waals surface area contributed by atoms with Gasteiger partial charge in [0.2, 0.25) is 5.91 Å². The zero-order valence-electron chi connectivity index (χ0n) is 12.4. The van der Waals surface area contributed by atoms with Crippen molar-refractivity contribution in [2.75, 3.05) is 19.5 Å². The Balaban J connectivity index is 1.92. The number of carbonyl (C=O) groups is 1. The van der Waals surface area contributed by atoms with Gasteiger partial charge in [0.15, 0.2) is 11.5 Å². The predicted octanol–water partition coefficient (Wildman–Crippen LogP) is 3.47. The van der Waals surface area contributed by atoms with Crippen molar-refractivity contribution in [2.24, 2.45) is 11.8 Å².